The Morgan fingerprint density at radius 1 is 0.962 bits per heavy atom. The number of ether oxygens (including phenoxy) is 1. The van der Waals surface area contributed by atoms with Gasteiger partial charge in [0, 0.05) is 37.0 Å². The molecule has 0 N–H and O–H groups in total. The van der Waals surface area contributed by atoms with Crippen molar-refractivity contribution in [3.63, 3.8) is 0 Å². The molecule has 3 heterocycles. The minimum atomic E-state index is 0.110. The molecule has 4 rings (SSSR count). The van der Waals surface area contributed by atoms with Crippen LogP contribution in [0.3, 0.4) is 0 Å². The number of thiophene rings is 1. The first kappa shape index (κ1) is 18.0. The standard InChI is InChI=1S/C20H28N2O3S/c23-19(15-5-1-2-6-15)22-11-3-7-16(22)17-8-9-18(26-17)20(24)21-10-4-13-25-14-12-21/h8-9,15-16H,1-7,10-14H2/t16-/m1/s1. The van der Waals surface area contributed by atoms with Crippen molar-refractivity contribution < 1.29 is 14.3 Å². The van der Waals surface area contributed by atoms with E-state index in [9.17, 15) is 9.59 Å². The molecule has 142 valence electrons. The van der Waals surface area contributed by atoms with Gasteiger partial charge in [-0.3, -0.25) is 9.59 Å². The van der Waals surface area contributed by atoms with Crippen molar-refractivity contribution >= 4 is 23.2 Å². The SMILES string of the molecule is O=C(c1ccc([C@H]2CCCN2C(=O)C2CCCC2)s1)N1CCCOCC1. The van der Waals surface area contributed by atoms with E-state index >= 15 is 0 Å². The molecule has 6 heteroatoms. The highest BCUT2D eigenvalue weighted by Gasteiger charge is 2.36. The zero-order chi connectivity index (χ0) is 17.9. The number of hydrogen-bond acceptors (Lipinski definition) is 4. The lowest BCUT2D eigenvalue weighted by Crippen LogP contribution is -2.34. The fourth-order valence-electron chi connectivity index (χ4n) is 4.49. The number of amides is 2. The lowest BCUT2D eigenvalue weighted by atomic mass is 10.1. The van der Waals surface area contributed by atoms with Gasteiger partial charge in [-0.1, -0.05) is 12.8 Å². The summed E-state index contributed by atoms with van der Waals surface area (Å²) in [6.45, 7) is 3.66. The largest absolute Gasteiger partial charge is 0.380 e. The predicted octanol–water partition coefficient (Wildman–Crippen LogP) is 3.46. The summed E-state index contributed by atoms with van der Waals surface area (Å²) < 4.78 is 5.45. The average molecular weight is 377 g/mol. The molecule has 1 saturated carbocycles. The van der Waals surface area contributed by atoms with Crippen LogP contribution in [0.5, 0.6) is 0 Å². The highest BCUT2D eigenvalue weighted by atomic mass is 32.1. The van der Waals surface area contributed by atoms with E-state index in [1.54, 1.807) is 11.3 Å². The molecule has 2 aliphatic heterocycles. The van der Waals surface area contributed by atoms with Gasteiger partial charge in [0.1, 0.15) is 0 Å². The molecule has 1 aromatic heterocycles. The number of carbonyl (C=O) groups is 2. The first-order chi connectivity index (χ1) is 12.7. The fourth-order valence-corrected chi connectivity index (χ4v) is 5.61. The number of likely N-dealkylation sites (tertiary alicyclic amines) is 1. The smallest absolute Gasteiger partial charge is 0.264 e. The summed E-state index contributed by atoms with van der Waals surface area (Å²) in [5.74, 6) is 0.683. The lowest BCUT2D eigenvalue weighted by molar-refractivity contribution is -0.136. The lowest BCUT2D eigenvalue weighted by Gasteiger charge is -2.26. The second-order valence-electron chi connectivity index (χ2n) is 7.63. The van der Waals surface area contributed by atoms with Gasteiger partial charge in [0.25, 0.3) is 5.91 Å². The van der Waals surface area contributed by atoms with E-state index in [2.05, 4.69) is 11.0 Å². The third-order valence-corrected chi connectivity index (χ3v) is 7.09. The van der Waals surface area contributed by atoms with E-state index in [0.29, 0.717) is 19.1 Å². The van der Waals surface area contributed by atoms with E-state index in [1.165, 1.54) is 17.7 Å². The summed E-state index contributed by atoms with van der Waals surface area (Å²) in [6.07, 6.45) is 7.45. The molecule has 1 aliphatic carbocycles. The molecule has 3 fully saturated rings. The molecule has 0 radical (unpaired) electrons. The summed E-state index contributed by atoms with van der Waals surface area (Å²) in [5, 5.41) is 0. The number of carbonyl (C=O) groups excluding carboxylic acids is 2. The van der Waals surface area contributed by atoms with Gasteiger partial charge in [0.2, 0.25) is 5.91 Å². The molecule has 0 bridgehead atoms. The number of nitrogens with zero attached hydrogens (tertiary/aromatic N) is 2. The molecule has 0 unspecified atom stereocenters. The van der Waals surface area contributed by atoms with Gasteiger partial charge in [-0.05, 0) is 44.2 Å². The second-order valence-corrected chi connectivity index (χ2v) is 8.75. The minimum absolute atomic E-state index is 0.110. The van der Waals surface area contributed by atoms with Gasteiger partial charge in [-0.2, -0.15) is 0 Å². The second kappa shape index (κ2) is 8.09. The Balaban J connectivity index is 1.46. The van der Waals surface area contributed by atoms with Crippen molar-refractivity contribution in [2.24, 2.45) is 5.92 Å². The molecule has 5 nitrogen and oxygen atoms in total. The van der Waals surface area contributed by atoms with Crippen molar-refractivity contribution in [1.29, 1.82) is 0 Å². The van der Waals surface area contributed by atoms with Gasteiger partial charge in [-0.25, -0.2) is 0 Å². The summed E-state index contributed by atoms with van der Waals surface area (Å²) in [5.41, 5.74) is 0. The minimum Gasteiger partial charge on any atom is -0.380 e. The molecule has 2 amide bonds. The van der Waals surface area contributed by atoms with Crippen molar-refractivity contribution in [3.05, 3.63) is 21.9 Å². The third kappa shape index (κ3) is 3.67. The van der Waals surface area contributed by atoms with Crippen LogP contribution in [-0.4, -0.2) is 54.5 Å². The highest BCUT2D eigenvalue weighted by Crippen LogP contribution is 2.39. The van der Waals surface area contributed by atoms with Crippen molar-refractivity contribution in [3.8, 4) is 0 Å². The quantitative estimate of drug-likeness (QED) is 0.812. The molecule has 0 spiro atoms. The first-order valence-corrected chi connectivity index (χ1v) is 10.8. The van der Waals surface area contributed by atoms with Crippen LogP contribution in [0.2, 0.25) is 0 Å². The topological polar surface area (TPSA) is 49.9 Å². The Morgan fingerprint density at radius 3 is 2.65 bits per heavy atom. The van der Waals surface area contributed by atoms with Crippen LogP contribution < -0.4 is 0 Å². The monoisotopic (exact) mass is 376 g/mol. The van der Waals surface area contributed by atoms with Gasteiger partial charge in [0.15, 0.2) is 0 Å². The van der Waals surface area contributed by atoms with Crippen molar-refractivity contribution in [1.82, 2.24) is 9.80 Å². The molecular formula is C20H28N2O3S. The van der Waals surface area contributed by atoms with Crippen LogP contribution in [0.4, 0.5) is 0 Å². The molecular weight excluding hydrogens is 348 g/mol. The van der Waals surface area contributed by atoms with Crippen LogP contribution in [0.25, 0.3) is 0 Å². The van der Waals surface area contributed by atoms with E-state index in [1.807, 2.05) is 11.0 Å². The Bertz CT molecular complexity index is 645. The summed E-state index contributed by atoms with van der Waals surface area (Å²) in [4.78, 5) is 31.7. The fraction of sp³-hybridized carbons (Fsp3) is 0.700. The number of rotatable bonds is 3. The van der Waals surface area contributed by atoms with E-state index in [4.69, 9.17) is 4.74 Å². The van der Waals surface area contributed by atoms with Gasteiger partial charge in [0.05, 0.1) is 17.5 Å². The maximum atomic E-state index is 12.9. The van der Waals surface area contributed by atoms with Gasteiger partial charge in [-0.15, -0.1) is 11.3 Å². The molecule has 26 heavy (non-hydrogen) atoms. The van der Waals surface area contributed by atoms with E-state index in [0.717, 1.165) is 56.7 Å². The Morgan fingerprint density at radius 2 is 1.81 bits per heavy atom. The van der Waals surface area contributed by atoms with Crippen molar-refractivity contribution in [2.45, 2.75) is 51.0 Å². The highest BCUT2D eigenvalue weighted by molar-refractivity contribution is 7.14. The van der Waals surface area contributed by atoms with Crippen LogP contribution >= 0.6 is 11.3 Å². The summed E-state index contributed by atoms with van der Waals surface area (Å²) >= 11 is 1.58. The number of hydrogen-bond donors (Lipinski definition) is 0. The van der Waals surface area contributed by atoms with Crippen LogP contribution in [0.1, 0.15) is 65.5 Å². The Hall–Kier alpha value is -1.40. The third-order valence-electron chi connectivity index (χ3n) is 5.92. The first-order valence-electron chi connectivity index (χ1n) is 10.0. The normalized spacial score (nSPS) is 24.8. The molecule has 1 atom stereocenters. The van der Waals surface area contributed by atoms with Crippen LogP contribution in [0, 0.1) is 5.92 Å². The Labute approximate surface area is 159 Å². The van der Waals surface area contributed by atoms with Crippen molar-refractivity contribution in [2.75, 3.05) is 32.8 Å². The zero-order valence-electron chi connectivity index (χ0n) is 15.3. The molecule has 0 aromatic carbocycles. The average Bonchev–Trinajstić information content (AvgIpc) is 3.38. The van der Waals surface area contributed by atoms with Crippen LogP contribution in [0.15, 0.2) is 12.1 Å². The van der Waals surface area contributed by atoms with Gasteiger partial charge >= 0.3 is 0 Å². The summed E-state index contributed by atoms with van der Waals surface area (Å²) in [7, 11) is 0. The predicted molar refractivity (Wildman–Crippen MR) is 101 cm³/mol. The zero-order valence-corrected chi connectivity index (χ0v) is 16.1. The van der Waals surface area contributed by atoms with Gasteiger partial charge < -0.3 is 14.5 Å². The molecule has 1 aromatic rings. The van der Waals surface area contributed by atoms with E-state index in [-0.39, 0.29) is 17.9 Å². The molecule has 3 aliphatic rings. The maximum absolute atomic E-state index is 12.9. The van der Waals surface area contributed by atoms with Crippen LogP contribution in [-0.2, 0) is 9.53 Å². The Kier molecular flexibility index (Phi) is 5.60. The maximum Gasteiger partial charge on any atom is 0.264 e. The molecule has 2 saturated heterocycles. The van der Waals surface area contributed by atoms with E-state index < -0.39 is 0 Å². The summed E-state index contributed by atoms with van der Waals surface area (Å²) in [6, 6.07) is 4.18.